The van der Waals surface area contributed by atoms with Gasteiger partial charge in [0.1, 0.15) is 5.82 Å². The van der Waals surface area contributed by atoms with E-state index < -0.39 is 0 Å². The van der Waals surface area contributed by atoms with Crippen molar-refractivity contribution in [3.05, 3.63) is 34.1 Å². The number of halogens is 2. The van der Waals surface area contributed by atoms with Crippen molar-refractivity contribution in [2.45, 2.75) is 12.7 Å². The van der Waals surface area contributed by atoms with Crippen molar-refractivity contribution in [2.75, 3.05) is 5.75 Å². The largest absolute Gasteiger partial charge is 0.207 e. The normalized spacial score (nSPS) is 10.2. The van der Waals surface area contributed by atoms with Crippen LogP contribution in [0.1, 0.15) is 12.5 Å². The van der Waals surface area contributed by atoms with Crippen LogP contribution in [-0.4, -0.2) is 5.75 Å². The monoisotopic (exact) mass is 248 g/mol. The van der Waals surface area contributed by atoms with Gasteiger partial charge in [0.05, 0.1) is 0 Å². The Morgan fingerprint density at radius 1 is 1.50 bits per heavy atom. The van der Waals surface area contributed by atoms with E-state index in [1.165, 1.54) is 6.07 Å². The summed E-state index contributed by atoms with van der Waals surface area (Å²) < 4.78 is 14.0. The van der Waals surface area contributed by atoms with E-state index in [1.54, 1.807) is 17.8 Å². The van der Waals surface area contributed by atoms with Crippen molar-refractivity contribution in [1.29, 1.82) is 0 Å². The molecule has 0 aliphatic rings. The molecule has 1 aromatic carbocycles. The van der Waals surface area contributed by atoms with Gasteiger partial charge in [-0.3, -0.25) is 0 Å². The first kappa shape index (κ1) is 10.1. The molecule has 0 spiro atoms. The third-order valence-electron chi connectivity index (χ3n) is 1.51. The summed E-state index contributed by atoms with van der Waals surface area (Å²) in [4.78, 5) is 0. The van der Waals surface area contributed by atoms with Gasteiger partial charge in [0.2, 0.25) is 0 Å². The average Bonchev–Trinajstić information content (AvgIpc) is 2.04. The van der Waals surface area contributed by atoms with Gasteiger partial charge in [-0.2, -0.15) is 11.8 Å². The zero-order valence-corrected chi connectivity index (χ0v) is 9.21. The Morgan fingerprint density at radius 3 is 2.83 bits per heavy atom. The molecule has 0 N–H and O–H groups in total. The Balaban J connectivity index is 2.81. The Bertz CT molecular complexity index is 242. The maximum atomic E-state index is 13.1. The van der Waals surface area contributed by atoms with E-state index in [0.29, 0.717) is 0 Å². The lowest BCUT2D eigenvalue weighted by molar-refractivity contribution is 0.616. The van der Waals surface area contributed by atoms with Crippen LogP contribution in [-0.2, 0) is 5.75 Å². The number of hydrogen-bond acceptors (Lipinski definition) is 1. The standard InChI is InChI=1S/C9H10BrFS/c1-2-12-6-7-8(10)4-3-5-9(7)11/h3-5H,2,6H2,1H3. The molecule has 1 aromatic rings. The van der Waals surface area contributed by atoms with Crippen molar-refractivity contribution in [3.63, 3.8) is 0 Å². The van der Waals surface area contributed by atoms with Gasteiger partial charge in [0, 0.05) is 15.8 Å². The molecule has 0 unspecified atom stereocenters. The fraction of sp³-hybridized carbons (Fsp3) is 0.333. The molecule has 0 saturated carbocycles. The van der Waals surface area contributed by atoms with Crippen LogP contribution < -0.4 is 0 Å². The maximum absolute atomic E-state index is 13.1. The van der Waals surface area contributed by atoms with Crippen molar-refractivity contribution in [2.24, 2.45) is 0 Å². The molecule has 12 heavy (non-hydrogen) atoms. The predicted octanol–water partition coefficient (Wildman–Crippen LogP) is 3.84. The Hall–Kier alpha value is -0.0200. The highest BCUT2D eigenvalue weighted by atomic mass is 79.9. The topological polar surface area (TPSA) is 0 Å². The fourth-order valence-electron chi connectivity index (χ4n) is 0.874. The van der Waals surface area contributed by atoms with Gasteiger partial charge >= 0.3 is 0 Å². The van der Waals surface area contributed by atoms with Gasteiger partial charge in [0.15, 0.2) is 0 Å². The number of rotatable bonds is 3. The zero-order valence-electron chi connectivity index (χ0n) is 6.81. The summed E-state index contributed by atoms with van der Waals surface area (Å²) in [5.74, 6) is 1.63. The third-order valence-corrected chi connectivity index (χ3v) is 3.16. The zero-order chi connectivity index (χ0) is 8.97. The molecular weight excluding hydrogens is 239 g/mol. The van der Waals surface area contributed by atoms with E-state index in [1.807, 2.05) is 6.07 Å². The molecule has 0 heterocycles. The van der Waals surface area contributed by atoms with Gasteiger partial charge < -0.3 is 0 Å². The average molecular weight is 249 g/mol. The van der Waals surface area contributed by atoms with E-state index in [4.69, 9.17) is 0 Å². The van der Waals surface area contributed by atoms with Gasteiger partial charge in [-0.15, -0.1) is 0 Å². The van der Waals surface area contributed by atoms with Crippen LogP contribution in [0.5, 0.6) is 0 Å². The second-order valence-corrected chi connectivity index (χ2v) is 4.47. The van der Waals surface area contributed by atoms with Crippen LogP contribution in [0.2, 0.25) is 0 Å². The van der Waals surface area contributed by atoms with Crippen LogP contribution in [0, 0.1) is 5.82 Å². The first-order chi connectivity index (χ1) is 5.75. The smallest absolute Gasteiger partial charge is 0.128 e. The summed E-state index contributed by atoms with van der Waals surface area (Å²) in [5.41, 5.74) is 0.768. The van der Waals surface area contributed by atoms with Crippen LogP contribution >= 0.6 is 27.7 Å². The summed E-state index contributed by atoms with van der Waals surface area (Å²) in [6, 6.07) is 5.07. The molecule has 0 atom stereocenters. The molecule has 66 valence electrons. The molecule has 0 nitrogen and oxygen atoms in total. The first-order valence-corrected chi connectivity index (χ1v) is 5.71. The molecule has 0 amide bonds. The van der Waals surface area contributed by atoms with Gasteiger partial charge in [-0.25, -0.2) is 4.39 Å². The highest BCUT2D eigenvalue weighted by molar-refractivity contribution is 9.10. The number of hydrogen-bond donors (Lipinski definition) is 0. The molecule has 1 rings (SSSR count). The molecular formula is C9H10BrFS. The lowest BCUT2D eigenvalue weighted by Crippen LogP contribution is -1.89. The van der Waals surface area contributed by atoms with Gasteiger partial charge in [-0.1, -0.05) is 28.9 Å². The SMILES string of the molecule is CCSCc1c(F)cccc1Br. The Labute approximate surface area is 84.7 Å². The molecule has 0 aromatic heterocycles. The molecule has 0 radical (unpaired) electrons. The Morgan fingerprint density at radius 2 is 2.25 bits per heavy atom. The lowest BCUT2D eigenvalue weighted by atomic mass is 10.2. The Kier molecular flexibility index (Phi) is 4.09. The molecule has 0 fully saturated rings. The van der Waals surface area contributed by atoms with E-state index >= 15 is 0 Å². The maximum Gasteiger partial charge on any atom is 0.128 e. The highest BCUT2D eigenvalue weighted by Gasteiger charge is 2.04. The first-order valence-electron chi connectivity index (χ1n) is 3.76. The minimum Gasteiger partial charge on any atom is -0.207 e. The van der Waals surface area contributed by atoms with Crippen molar-refractivity contribution in [1.82, 2.24) is 0 Å². The van der Waals surface area contributed by atoms with E-state index in [9.17, 15) is 4.39 Å². The molecule has 0 bridgehead atoms. The minimum atomic E-state index is -0.120. The summed E-state index contributed by atoms with van der Waals surface area (Å²) >= 11 is 5.04. The van der Waals surface area contributed by atoms with Gasteiger partial charge in [-0.05, 0) is 17.9 Å². The summed E-state index contributed by atoms with van der Waals surface area (Å²) in [5, 5.41) is 0. The second kappa shape index (κ2) is 4.87. The summed E-state index contributed by atoms with van der Waals surface area (Å²) in [6.07, 6.45) is 0. The van der Waals surface area contributed by atoms with Crippen LogP contribution in [0.4, 0.5) is 4.39 Å². The van der Waals surface area contributed by atoms with Crippen LogP contribution in [0.15, 0.2) is 22.7 Å². The van der Waals surface area contributed by atoms with Crippen LogP contribution in [0.25, 0.3) is 0 Å². The lowest BCUT2D eigenvalue weighted by Gasteiger charge is -2.03. The molecule has 0 aliphatic carbocycles. The quantitative estimate of drug-likeness (QED) is 0.784. The van der Waals surface area contributed by atoms with Crippen LogP contribution in [0.3, 0.4) is 0 Å². The third kappa shape index (κ3) is 2.49. The fourth-order valence-corrected chi connectivity index (χ4v) is 2.24. The van der Waals surface area contributed by atoms with Crippen molar-refractivity contribution >= 4 is 27.7 Å². The number of thioether (sulfide) groups is 1. The molecule has 3 heteroatoms. The van der Waals surface area contributed by atoms with E-state index in [0.717, 1.165) is 21.5 Å². The second-order valence-electron chi connectivity index (χ2n) is 2.34. The van der Waals surface area contributed by atoms with Crippen molar-refractivity contribution < 1.29 is 4.39 Å². The highest BCUT2D eigenvalue weighted by Crippen LogP contribution is 2.23. The van der Waals surface area contributed by atoms with Gasteiger partial charge in [0.25, 0.3) is 0 Å². The molecule has 0 aliphatic heterocycles. The minimum absolute atomic E-state index is 0.120. The number of benzene rings is 1. The molecule has 0 saturated heterocycles. The predicted molar refractivity (Wildman–Crippen MR) is 55.9 cm³/mol. The van der Waals surface area contributed by atoms with E-state index in [-0.39, 0.29) is 5.82 Å². The van der Waals surface area contributed by atoms with Crippen molar-refractivity contribution in [3.8, 4) is 0 Å². The summed E-state index contributed by atoms with van der Waals surface area (Å²) in [6.45, 7) is 2.07. The summed E-state index contributed by atoms with van der Waals surface area (Å²) in [7, 11) is 0. The van der Waals surface area contributed by atoms with E-state index in [2.05, 4.69) is 22.9 Å².